The summed E-state index contributed by atoms with van der Waals surface area (Å²) in [7, 11) is 1.84. The lowest BCUT2D eigenvalue weighted by atomic mass is 9.94. The number of fused-ring (bicyclic) bond motifs is 1. The second-order valence-electron chi connectivity index (χ2n) is 5.54. The fourth-order valence-electron chi connectivity index (χ4n) is 3.10. The first-order valence-corrected chi connectivity index (χ1v) is 7.93. The first-order valence-electron chi connectivity index (χ1n) is 7.14. The van der Waals surface area contributed by atoms with Crippen LogP contribution in [0.4, 0.5) is 0 Å². The van der Waals surface area contributed by atoms with Crippen molar-refractivity contribution in [3.63, 3.8) is 0 Å². The second-order valence-corrected chi connectivity index (χ2v) is 6.40. The van der Waals surface area contributed by atoms with Crippen LogP contribution in [0, 0.1) is 0 Å². The molecule has 1 aliphatic heterocycles. The maximum Gasteiger partial charge on any atom is 0.222 e. The number of rotatable bonds is 1. The van der Waals surface area contributed by atoms with Crippen LogP contribution in [-0.2, 0) is 4.79 Å². The molecule has 21 heavy (non-hydrogen) atoms. The fourth-order valence-corrected chi connectivity index (χ4v) is 3.56. The number of carbonyl (C=O) groups excluding carboxylic acids is 1. The van der Waals surface area contributed by atoms with Gasteiger partial charge in [0.15, 0.2) is 0 Å². The average Bonchev–Trinajstić information content (AvgIpc) is 2.61. The highest BCUT2D eigenvalue weighted by Crippen LogP contribution is 2.35. The topological polar surface area (TPSA) is 59.2 Å². The minimum atomic E-state index is -0.120. The monoisotopic (exact) mass is 347 g/mol. The molecule has 1 aliphatic rings. The van der Waals surface area contributed by atoms with Gasteiger partial charge in [0.2, 0.25) is 5.91 Å². The minimum Gasteiger partial charge on any atom is -0.337 e. The van der Waals surface area contributed by atoms with Crippen LogP contribution in [0.5, 0.6) is 0 Å². The lowest BCUT2D eigenvalue weighted by Gasteiger charge is -2.31. The molecule has 1 saturated heterocycles. The summed E-state index contributed by atoms with van der Waals surface area (Å²) in [5.41, 5.74) is 8.30. The van der Waals surface area contributed by atoms with E-state index in [1.165, 1.54) is 0 Å². The number of pyridine rings is 1. The zero-order valence-electron chi connectivity index (χ0n) is 11.9. The third-order valence-electron chi connectivity index (χ3n) is 4.21. The fraction of sp³-hybridized carbons (Fsp3) is 0.375. The summed E-state index contributed by atoms with van der Waals surface area (Å²) >= 11 is 3.56. The number of amides is 1. The van der Waals surface area contributed by atoms with Crippen LogP contribution >= 0.6 is 15.9 Å². The molecular formula is C16H18BrN3O. The number of nitrogens with zero attached hydrogens (tertiary/aromatic N) is 2. The second kappa shape index (κ2) is 5.73. The molecule has 2 heterocycles. The van der Waals surface area contributed by atoms with Gasteiger partial charge in [-0.15, -0.1) is 0 Å². The minimum absolute atomic E-state index is 0.0622. The summed E-state index contributed by atoms with van der Waals surface area (Å²) in [6.45, 7) is 0. The molecule has 1 amide bonds. The molecule has 1 aromatic heterocycles. The quantitative estimate of drug-likeness (QED) is 0.862. The van der Waals surface area contributed by atoms with Crippen molar-refractivity contribution in [2.24, 2.45) is 5.73 Å². The predicted octanol–water partition coefficient (Wildman–Crippen LogP) is 3.01. The van der Waals surface area contributed by atoms with Gasteiger partial charge in [-0.05, 0) is 25.0 Å². The number of carbonyl (C=O) groups is 1. The Morgan fingerprint density at radius 1 is 1.38 bits per heavy atom. The van der Waals surface area contributed by atoms with Crippen LogP contribution in [-0.4, -0.2) is 28.9 Å². The van der Waals surface area contributed by atoms with Crippen molar-refractivity contribution < 1.29 is 4.79 Å². The molecule has 4 nitrogen and oxygen atoms in total. The van der Waals surface area contributed by atoms with Crippen molar-refractivity contribution in [3.05, 3.63) is 40.5 Å². The van der Waals surface area contributed by atoms with Gasteiger partial charge in [0.1, 0.15) is 0 Å². The van der Waals surface area contributed by atoms with Crippen LogP contribution in [0.2, 0.25) is 0 Å². The highest BCUT2D eigenvalue weighted by molar-refractivity contribution is 9.10. The molecule has 0 saturated carbocycles. The third kappa shape index (κ3) is 2.56. The molecule has 0 spiro atoms. The van der Waals surface area contributed by atoms with E-state index < -0.39 is 0 Å². The summed E-state index contributed by atoms with van der Waals surface area (Å²) in [6.07, 6.45) is 4.05. The first kappa shape index (κ1) is 14.5. The molecule has 2 aromatic rings. The maximum absolute atomic E-state index is 12.2. The molecule has 5 heteroatoms. The Balaban J connectivity index is 2.18. The van der Waals surface area contributed by atoms with Gasteiger partial charge in [0.25, 0.3) is 0 Å². The number of benzene rings is 1. The van der Waals surface area contributed by atoms with Gasteiger partial charge < -0.3 is 10.6 Å². The van der Waals surface area contributed by atoms with Gasteiger partial charge in [-0.25, -0.2) is 0 Å². The number of halogens is 1. The van der Waals surface area contributed by atoms with Crippen LogP contribution in [0.3, 0.4) is 0 Å². The summed E-state index contributed by atoms with van der Waals surface area (Å²) in [5.74, 6) is 0.153. The number of nitrogens with two attached hydrogens (primary N) is 1. The largest absolute Gasteiger partial charge is 0.337 e. The van der Waals surface area contributed by atoms with E-state index in [1.807, 2.05) is 31.3 Å². The molecule has 110 valence electrons. The Kier molecular flexibility index (Phi) is 3.95. The zero-order valence-corrected chi connectivity index (χ0v) is 13.5. The van der Waals surface area contributed by atoms with E-state index in [0.717, 1.165) is 33.8 Å². The summed E-state index contributed by atoms with van der Waals surface area (Å²) < 4.78 is 1.01. The van der Waals surface area contributed by atoms with Crippen molar-refractivity contribution >= 4 is 32.7 Å². The van der Waals surface area contributed by atoms with Crippen molar-refractivity contribution in [1.29, 1.82) is 0 Å². The number of likely N-dealkylation sites (tertiary alicyclic amines) is 1. The van der Waals surface area contributed by atoms with E-state index in [0.29, 0.717) is 6.42 Å². The third-order valence-corrected chi connectivity index (χ3v) is 4.90. The number of likely N-dealkylation sites (N-methyl/N-ethyl adjacent to an activating group) is 1. The SMILES string of the molecule is CN1C(=O)CCCC(N)C1c1ccc(Br)c2cccnc12. The zero-order chi connectivity index (χ0) is 15.0. The van der Waals surface area contributed by atoms with Crippen LogP contribution in [0.1, 0.15) is 30.9 Å². The number of hydrogen-bond acceptors (Lipinski definition) is 3. The van der Waals surface area contributed by atoms with E-state index in [4.69, 9.17) is 5.73 Å². The number of aromatic nitrogens is 1. The summed E-state index contributed by atoms with van der Waals surface area (Å²) in [4.78, 5) is 18.5. The lowest BCUT2D eigenvalue weighted by Crippen LogP contribution is -2.40. The van der Waals surface area contributed by atoms with E-state index in [1.54, 1.807) is 11.1 Å². The van der Waals surface area contributed by atoms with Gasteiger partial charge in [-0.2, -0.15) is 0 Å². The smallest absolute Gasteiger partial charge is 0.222 e. The molecular weight excluding hydrogens is 330 g/mol. The van der Waals surface area contributed by atoms with E-state index in [-0.39, 0.29) is 18.0 Å². The first-order chi connectivity index (χ1) is 10.1. The van der Waals surface area contributed by atoms with Crippen molar-refractivity contribution in [3.8, 4) is 0 Å². The lowest BCUT2D eigenvalue weighted by molar-refractivity contribution is -0.131. The molecule has 1 fully saturated rings. The van der Waals surface area contributed by atoms with Gasteiger partial charge >= 0.3 is 0 Å². The van der Waals surface area contributed by atoms with Gasteiger partial charge in [0.05, 0.1) is 11.6 Å². The molecule has 3 rings (SSSR count). The van der Waals surface area contributed by atoms with E-state index >= 15 is 0 Å². The van der Waals surface area contributed by atoms with Crippen LogP contribution in [0.25, 0.3) is 10.9 Å². The normalized spacial score (nSPS) is 23.4. The van der Waals surface area contributed by atoms with Crippen LogP contribution in [0.15, 0.2) is 34.9 Å². The van der Waals surface area contributed by atoms with E-state index in [9.17, 15) is 4.79 Å². The van der Waals surface area contributed by atoms with Gasteiger partial charge in [-0.3, -0.25) is 9.78 Å². The van der Waals surface area contributed by atoms with E-state index in [2.05, 4.69) is 20.9 Å². The standard InChI is InChI=1S/C16H18BrN3O/c1-20-14(21)6-2-5-13(18)16(20)11-7-8-12(17)10-4-3-9-19-15(10)11/h3-4,7-9,13,16H,2,5-6,18H2,1H3. The Hall–Kier alpha value is -1.46. The summed E-state index contributed by atoms with van der Waals surface area (Å²) in [5, 5.41) is 1.05. The molecule has 2 unspecified atom stereocenters. The van der Waals surface area contributed by atoms with Crippen LogP contribution < -0.4 is 5.73 Å². The Labute approximate surface area is 132 Å². The Morgan fingerprint density at radius 2 is 2.19 bits per heavy atom. The van der Waals surface area contributed by atoms with Crippen molar-refractivity contribution in [2.75, 3.05) is 7.05 Å². The highest BCUT2D eigenvalue weighted by Gasteiger charge is 2.31. The van der Waals surface area contributed by atoms with Gasteiger partial charge in [-0.1, -0.05) is 28.1 Å². The molecule has 2 atom stereocenters. The Bertz CT molecular complexity index is 688. The number of hydrogen-bond donors (Lipinski definition) is 1. The van der Waals surface area contributed by atoms with Crippen molar-refractivity contribution in [1.82, 2.24) is 9.88 Å². The van der Waals surface area contributed by atoms with Gasteiger partial charge in [0, 0.05) is 41.1 Å². The molecule has 1 aromatic carbocycles. The average molecular weight is 348 g/mol. The predicted molar refractivity (Wildman–Crippen MR) is 86.8 cm³/mol. The maximum atomic E-state index is 12.2. The summed E-state index contributed by atoms with van der Waals surface area (Å²) in [6, 6.07) is 7.80. The molecule has 0 aliphatic carbocycles. The molecule has 2 N–H and O–H groups in total. The molecule has 0 bridgehead atoms. The molecule has 0 radical (unpaired) electrons. The highest BCUT2D eigenvalue weighted by atomic mass is 79.9. The Morgan fingerprint density at radius 3 is 3.00 bits per heavy atom. The van der Waals surface area contributed by atoms with Crippen molar-refractivity contribution in [2.45, 2.75) is 31.3 Å².